The number of anilines is 1. The van der Waals surface area contributed by atoms with Gasteiger partial charge in [-0.3, -0.25) is 4.79 Å². The van der Waals surface area contributed by atoms with Crippen molar-refractivity contribution in [2.75, 3.05) is 11.1 Å². The van der Waals surface area contributed by atoms with Crippen LogP contribution in [-0.4, -0.2) is 26.1 Å². The van der Waals surface area contributed by atoms with Gasteiger partial charge in [-0.05, 0) is 31.0 Å². The van der Waals surface area contributed by atoms with E-state index in [0.29, 0.717) is 11.4 Å². The Morgan fingerprint density at radius 1 is 1.33 bits per heavy atom. The molecule has 7 heteroatoms. The summed E-state index contributed by atoms with van der Waals surface area (Å²) in [5, 5.41) is 2.69. The van der Waals surface area contributed by atoms with Crippen molar-refractivity contribution in [2.45, 2.75) is 28.7 Å². The maximum atomic E-state index is 12.0. The Kier molecular flexibility index (Phi) is 2.84. The fourth-order valence-electron chi connectivity index (χ4n) is 1.72. The van der Waals surface area contributed by atoms with Gasteiger partial charge in [-0.2, -0.15) is 0 Å². The number of carbonyl (C=O) groups excluding carboxylic acids is 1. The van der Waals surface area contributed by atoms with Crippen LogP contribution in [0.15, 0.2) is 28.0 Å². The second kappa shape index (κ2) is 4.25. The van der Waals surface area contributed by atoms with E-state index in [2.05, 4.69) is 10.0 Å². The molecule has 1 aromatic carbocycles. The van der Waals surface area contributed by atoms with Crippen LogP contribution >= 0.6 is 11.8 Å². The Labute approximate surface area is 109 Å². The lowest BCUT2D eigenvalue weighted by Gasteiger charge is -2.17. The zero-order chi connectivity index (χ0) is 12.8. The first kappa shape index (κ1) is 12.0. The first-order valence-corrected chi connectivity index (χ1v) is 8.10. The van der Waals surface area contributed by atoms with Gasteiger partial charge in [0.1, 0.15) is 0 Å². The molecule has 0 aromatic heterocycles. The number of fused-ring (bicyclic) bond motifs is 1. The molecular weight excluding hydrogens is 272 g/mol. The summed E-state index contributed by atoms with van der Waals surface area (Å²) in [7, 11) is -3.46. The lowest BCUT2D eigenvalue weighted by molar-refractivity contribution is -0.113. The standard InChI is InChI=1S/C11H12N2O3S2/c14-11-6-17-10-4-3-8(5-9(10)12-11)18(15,16)13-7-1-2-7/h3-5,7,13H,1-2,6H2,(H,12,14). The molecule has 96 valence electrons. The fourth-order valence-corrected chi connectivity index (χ4v) is 3.84. The van der Waals surface area contributed by atoms with Gasteiger partial charge in [0.25, 0.3) is 0 Å². The van der Waals surface area contributed by atoms with Gasteiger partial charge < -0.3 is 5.32 Å². The van der Waals surface area contributed by atoms with Crippen LogP contribution in [0.3, 0.4) is 0 Å². The van der Waals surface area contributed by atoms with Gasteiger partial charge in [0.2, 0.25) is 15.9 Å². The molecule has 0 spiro atoms. The van der Waals surface area contributed by atoms with Crippen LogP contribution in [0, 0.1) is 0 Å². The van der Waals surface area contributed by atoms with Crippen molar-refractivity contribution in [3.8, 4) is 0 Å². The van der Waals surface area contributed by atoms with Crippen molar-refractivity contribution in [1.82, 2.24) is 4.72 Å². The monoisotopic (exact) mass is 284 g/mol. The van der Waals surface area contributed by atoms with Crippen molar-refractivity contribution in [2.24, 2.45) is 0 Å². The molecule has 0 radical (unpaired) electrons. The van der Waals surface area contributed by atoms with Crippen molar-refractivity contribution in [3.63, 3.8) is 0 Å². The van der Waals surface area contributed by atoms with Gasteiger partial charge in [0.05, 0.1) is 16.3 Å². The van der Waals surface area contributed by atoms with Crippen LogP contribution in [0.1, 0.15) is 12.8 Å². The van der Waals surface area contributed by atoms with Gasteiger partial charge in [-0.25, -0.2) is 13.1 Å². The van der Waals surface area contributed by atoms with Crippen LogP contribution in [0.4, 0.5) is 5.69 Å². The third kappa shape index (κ3) is 2.38. The molecule has 1 aromatic rings. The molecule has 0 atom stereocenters. The number of nitrogens with one attached hydrogen (secondary N) is 2. The average molecular weight is 284 g/mol. The first-order chi connectivity index (χ1) is 8.54. The number of hydrogen-bond acceptors (Lipinski definition) is 4. The number of amides is 1. The lowest BCUT2D eigenvalue weighted by Crippen LogP contribution is -2.26. The molecular formula is C11H12N2O3S2. The molecule has 1 aliphatic heterocycles. The van der Waals surface area contributed by atoms with E-state index in [1.807, 2.05) is 0 Å². The summed E-state index contributed by atoms with van der Waals surface area (Å²) >= 11 is 1.42. The molecule has 18 heavy (non-hydrogen) atoms. The van der Waals surface area contributed by atoms with Crippen molar-refractivity contribution < 1.29 is 13.2 Å². The van der Waals surface area contributed by atoms with Gasteiger partial charge in [-0.1, -0.05) is 0 Å². The SMILES string of the molecule is O=C1CSc2ccc(S(=O)(=O)NC3CC3)cc2N1. The average Bonchev–Trinajstić information content (AvgIpc) is 3.11. The van der Waals surface area contributed by atoms with E-state index < -0.39 is 10.0 Å². The normalized spacial score (nSPS) is 19.2. The third-order valence-electron chi connectivity index (χ3n) is 2.79. The predicted molar refractivity (Wildman–Crippen MR) is 69.1 cm³/mol. The van der Waals surface area contributed by atoms with E-state index in [0.717, 1.165) is 17.7 Å². The second-order valence-corrected chi connectivity index (χ2v) is 7.12. The summed E-state index contributed by atoms with van der Waals surface area (Å²) < 4.78 is 26.7. The van der Waals surface area contributed by atoms with E-state index in [-0.39, 0.29) is 16.8 Å². The minimum atomic E-state index is -3.46. The maximum Gasteiger partial charge on any atom is 0.240 e. The molecule has 5 nitrogen and oxygen atoms in total. The van der Waals surface area contributed by atoms with E-state index in [1.165, 1.54) is 17.8 Å². The Morgan fingerprint density at radius 3 is 2.83 bits per heavy atom. The highest BCUT2D eigenvalue weighted by Crippen LogP contribution is 2.33. The highest BCUT2D eigenvalue weighted by Gasteiger charge is 2.28. The fraction of sp³-hybridized carbons (Fsp3) is 0.364. The van der Waals surface area contributed by atoms with Crippen LogP contribution in [0.25, 0.3) is 0 Å². The van der Waals surface area contributed by atoms with Crippen LogP contribution < -0.4 is 10.0 Å². The number of benzene rings is 1. The molecule has 2 N–H and O–H groups in total. The van der Waals surface area contributed by atoms with Crippen LogP contribution in [0.2, 0.25) is 0 Å². The topological polar surface area (TPSA) is 75.3 Å². The Balaban J connectivity index is 1.93. The highest BCUT2D eigenvalue weighted by atomic mass is 32.2. The predicted octanol–water partition coefficient (Wildman–Crippen LogP) is 1.17. The minimum Gasteiger partial charge on any atom is -0.324 e. The molecule has 3 rings (SSSR count). The summed E-state index contributed by atoms with van der Waals surface area (Å²) in [5.74, 6) is 0.275. The molecule has 1 heterocycles. The molecule has 1 amide bonds. The van der Waals surface area contributed by atoms with Gasteiger partial charge in [0, 0.05) is 10.9 Å². The number of hydrogen-bond donors (Lipinski definition) is 2. The van der Waals surface area contributed by atoms with Crippen molar-refractivity contribution in [3.05, 3.63) is 18.2 Å². The molecule has 1 fully saturated rings. The number of rotatable bonds is 3. The van der Waals surface area contributed by atoms with Crippen LogP contribution in [0.5, 0.6) is 0 Å². The molecule has 0 saturated heterocycles. The van der Waals surface area contributed by atoms with Crippen LogP contribution in [-0.2, 0) is 14.8 Å². The minimum absolute atomic E-state index is 0.0787. The van der Waals surface area contributed by atoms with E-state index in [9.17, 15) is 13.2 Å². The van der Waals surface area contributed by atoms with Gasteiger partial charge in [0.15, 0.2) is 0 Å². The van der Waals surface area contributed by atoms with Gasteiger partial charge in [-0.15, -0.1) is 11.8 Å². The zero-order valence-corrected chi connectivity index (χ0v) is 11.1. The van der Waals surface area contributed by atoms with E-state index in [4.69, 9.17) is 0 Å². The summed E-state index contributed by atoms with van der Waals surface area (Å²) in [6.45, 7) is 0. The first-order valence-electron chi connectivity index (χ1n) is 5.64. The number of carbonyl (C=O) groups is 1. The lowest BCUT2D eigenvalue weighted by atomic mass is 10.3. The third-order valence-corrected chi connectivity index (χ3v) is 5.39. The molecule has 1 aliphatic carbocycles. The van der Waals surface area contributed by atoms with Crippen molar-refractivity contribution in [1.29, 1.82) is 0 Å². The summed E-state index contributed by atoms with van der Waals surface area (Å²) in [6, 6.07) is 4.91. The van der Waals surface area contributed by atoms with E-state index >= 15 is 0 Å². The Hall–Kier alpha value is -1.05. The quantitative estimate of drug-likeness (QED) is 0.873. The second-order valence-electron chi connectivity index (χ2n) is 4.39. The van der Waals surface area contributed by atoms with Crippen molar-refractivity contribution >= 4 is 33.4 Å². The summed E-state index contributed by atoms with van der Waals surface area (Å²) in [4.78, 5) is 12.4. The maximum absolute atomic E-state index is 12.0. The number of sulfonamides is 1. The smallest absolute Gasteiger partial charge is 0.240 e. The highest BCUT2D eigenvalue weighted by molar-refractivity contribution is 8.00. The molecule has 2 aliphatic rings. The molecule has 0 unspecified atom stereocenters. The molecule has 0 bridgehead atoms. The van der Waals surface area contributed by atoms with Gasteiger partial charge >= 0.3 is 0 Å². The summed E-state index contributed by atoms with van der Waals surface area (Å²) in [5.41, 5.74) is 0.579. The van der Waals surface area contributed by atoms with E-state index in [1.54, 1.807) is 12.1 Å². The summed E-state index contributed by atoms with van der Waals surface area (Å²) in [6.07, 6.45) is 1.80. The largest absolute Gasteiger partial charge is 0.324 e. The Morgan fingerprint density at radius 2 is 2.11 bits per heavy atom. The molecule has 1 saturated carbocycles. The number of thioether (sulfide) groups is 1. The Bertz CT molecular complexity index is 609. The zero-order valence-electron chi connectivity index (χ0n) is 9.47.